The van der Waals surface area contributed by atoms with Gasteiger partial charge in [-0.15, -0.1) is 0 Å². The number of benzene rings is 3. The molecular weight excluding hydrogens is 545 g/mol. The van der Waals surface area contributed by atoms with E-state index < -0.39 is 18.3 Å². The zero-order valence-corrected chi connectivity index (χ0v) is 28.3. The molecule has 0 spiro atoms. The van der Waals surface area contributed by atoms with Gasteiger partial charge in [-0.05, 0) is 119 Å². The van der Waals surface area contributed by atoms with Gasteiger partial charge in [-0.25, -0.2) is 0 Å². The lowest BCUT2D eigenvalue weighted by atomic mass is 9.77. The monoisotopic (exact) mass is 595 g/mol. The molecule has 2 aliphatic heterocycles. The summed E-state index contributed by atoms with van der Waals surface area (Å²) in [6, 6.07) is 18.4. The SMILES string of the molecule is Cc1cc(B2OC(C)(C)C(C)(C)O2)c(OC2CCCCO2)c(-n2c3ccc(CC(C)C)cc3c3cc(CC(C)C)ccc32)c1. The highest BCUT2D eigenvalue weighted by Crippen LogP contribution is 2.41. The van der Waals surface area contributed by atoms with Gasteiger partial charge < -0.3 is 23.3 Å². The molecule has 2 saturated heterocycles. The molecule has 6 rings (SSSR count). The Balaban J connectivity index is 1.61. The molecule has 0 saturated carbocycles. The van der Waals surface area contributed by atoms with Gasteiger partial charge in [-0.2, -0.15) is 0 Å². The molecule has 0 radical (unpaired) electrons. The number of aryl methyl sites for hydroxylation is 1. The quantitative estimate of drug-likeness (QED) is 0.191. The Hall–Kier alpha value is -2.80. The fraction of sp³-hybridized carbons (Fsp3) is 0.526. The summed E-state index contributed by atoms with van der Waals surface area (Å²) >= 11 is 0. The molecule has 6 heteroatoms. The summed E-state index contributed by atoms with van der Waals surface area (Å²) in [6.45, 7) is 20.4. The summed E-state index contributed by atoms with van der Waals surface area (Å²) in [5.41, 5.74) is 7.20. The molecule has 1 aromatic heterocycles. The van der Waals surface area contributed by atoms with Crippen molar-refractivity contribution in [2.24, 2.45) is 11.8 Å². The van der Waals surface area contributed by atoms with Crippen molar-refractivity contribution >= 4 is 34.4 Å². The molecule has 0 N–H and O–H groups in total. The molecule has 1 unspecified atom stereocenters. The van der Waals surface area contributed by atoms with E-state index in [-0.39, 0.29) is 6.29 Å². The van der Waals surface area contributed by atoms with E-state index in [2.05, 4.69) is 115 Å². The number of nitrogens with zero attached hydrogens (tertiary/aromatic N) is 1. The van der Waals surface area contributed by atoms with Crippen molar-refractivity contribution < 1.29 is 18.8 Å². The maximum Gasteiger partial charge on any atom is 0.498 e. The Morgan fingerprint density at radius 1 is 0.818 bits per heavy atom. The smallest absolute Gasteiger partial charge is 0.463 e. The highest BCUT2D eigenvalue weighted by atomic mass is 16.7. The Morgan fingerprint density at radius 3 is 1.89 bits per heavy atom. The first-order chi connectivity index (χ1) is 20.8. The predicted molar refractivity (Wildman–Crippen MR) is 183 cm³/mol. The molecule has 5 nitrogen and oxygen atoms in total. The maximum absolute atomic E-state index is 6.89. The molecular formula is C38H50BNO4. The van der Waals surface area contributed by atoms with E-state index in [4.69, 9.17) is 18.8 Å². The third kappa shape index (κ3) is 5.93. The molecule has 3 heterocycles. The highest BCUT2D eigenvalue weighted by Gasteiger charge is 2.53. The molecule has 4 aromatic rings. The van der Waals surface area contributed by atoms with E-state index in [0.717, 1.165) is 54.6 Å². The topological polar surface area (TPSA) is 41.9 Å². The van der Waals surface area contributed by atoms with Gasteiger partial charge in [-0.1, -0.05) is 45.9 Å². The fourth-order valence-corrected chi connectivity index (χ4v) is 6.73. The zero-order valence-electron chi connectivity index (χ0n) is 28.3. The van der Waals surface area contributed by atoms with Crippen LogP contribution in [0.4, 0.5) is 0 Å². The molecule has 234 valence electrons. The minimum absolute atomic E-state index is 0.310. The van der Waals surface area contributed by atoms with Crippen molar-refractivity contribution in [3.63, 3.8) is 0 Å². The molecule has 44 heavy (non-hydrogen) atoms. The first kappa shape index (κ1) is 31.2. The second kappa shape index (κ2) is 11.9. The maximum atomic E-state index is 6.89. The third-order valence-electron chi connectivity index (χ3n) is 9.56. The van der Waals surface area contributed by atoms with Gasteiger partial charge in [0.2, 0.25) is 0 Å². The minimum Gasteiger partial charge on any atom is -0.463 e. The van der Waals surface area contributed by atoms with Crippen LogP contribution in [-0.4, -0.2) is 35.8 Å². The van der Waals surface area contributed by atoms with Gasteiger partial charge in [0.1, 0.15) is 5.75 Å². The largest absolute Gasteiger partial charge is 0.498 e. The van der Waals surface area contributed by atoms with Crippen LogP contribution in [0, 0.1) is 18.8 Å². The van der Waals surface area contributed by atoms with Crippen LogP contribution in [0.25, 0.3) is 27.5 Å². The Labute approximate surface area is 264 Å². The molecule has 3 aromatic carbocycles. The lowest BCUT2D eigenvalue weighted by Gasteiger charge is -2.32. The van der Waals surface area contributed by atoms with Crippen LogP contribution in [0.15, 0.2) is 48.5 Å². The van der Waals surface area contributed by atoms with Crippen molar-refractivity contribution in [1.29, 1.82) is 0 Å². The van der Waals surface area contributed by atoms with Crippen LogP contribution in [0.2, 0.25) is 0 Å². The van der Waals surface area contributed by atoms with Crippen molar-refractivity contribution in [3.8, 4) is 11.4 Å². The fourth-order valence-electron chi connectivity index (χ4n) is 6.73. The highest BCUT2D eigenvalue weighted by molar-refractivity contribution is 6.63. The molecule has 1 atom stereocenters. The number of rotatable bonds is 8. The van der Waals surface area contributed by atoms with Gasteiger partial charge in [-0.3, -0.25) is 0 Å². The number of hydrogen-bond acceptors (Lipinski definition) is 4. The Kier molecular flexibility index (Phi) is 8.40. The zero-order chi connectivity index (χ0) is 31.4. The van der Waals surface area contributed by atoms with E-state index in [1.807, 2.05) is 0 Å². The van der Waals surface area contributed by atoms with Gasteiger partial charge in [0.05, 0.1) is 34.5 Å². The van der Waals surface area contributed by atoms with Gasteiger partial charge >= 0.3 is 7.12 Å². The minimum atomic E-state index is -0.555. The molecule has 2 aliphatic rings. The van der Waals surface area contributed by atoms with Crippen LogP contribution >= 0.6 is 0 Å². The Morgan fingerprint density at radius 2 is 1.39 bits per heavy atom. The lowest BCUT2D eigenvalue weighted by molar-refractivity contribution is -0.105. The molecule has 0 aliphatic carbocycles. The summed E-state index contributed by atoms with van der Waals surface area (Å²) in [7, 11) is -0.555. The van der Waals surface area contributed by atoms with E-state index in [0.29, 0.717) is 18.4 Å². The van der Waals surface area contributed by atoms with E-state index in [1.165, 1.54) is 32.9 Å². The van der Waals surface area contributed by atoms with Crippen molar-refractivity contribution in [3.05, 3.63) is 65.2 Å². The predicted octanol–water partition coefficient (Wildman–Crippen LogP) is 8.69. The van der Waals surface area contributed by atoms with Crippen LogP contribution in [-0.2, 0) is 26.9 Å². The average Bonchev–Trinajstić information content (AvgIpc) is 3.37. The molecule has 2 fully saturated rings. The van der Waals surface area contributed by atoms with Gasteiger partial charge in [0.25, 0.3) is 0 Å². The van der Waals surface area contributed by atoms with Crippen LogP contribution in [0.1, 0.15) is 91.3 Å². The van der Waals surface area contributed by atoms with Crippen LogP contribution in [0.5, 0.6) is 5.75 Å². The van der Waals surface area contributed by atoms with E-state index in [9.17, 15) is 0 Å². The first-order valence-corrected chi connectivity index (χ1v) is 16.7. The summed E-state index contributed by atoms with van der Waals surface area (Å²) < 4.78 is 28.7. The second-order valence-corrected chi connectivity index (χ2v) is 14.9. The number of hydrogen-bond donors (Lipinski definition) is 0. The third-order valence-corrected chi connectivity index (χ3v) is 9.56. The second-order valence-electron chi connectivity index (χ2n) is 14.9. The number of fused-ring (bicyclic) bond motifs is 3. The van der Waals surface area contributed by atoms with Crippen molar-refractivity contribution in [2.45, 2.75) is 112 Å². The number of aromatic nitrogens is 1. The van der Waals surface area contributed by atoms with Crippen molar-refractivity contribution in [1.82, 2.24) is 4.57 Å². The average molecular weight is 596 g/mol. The van der Waals surface area contributed by atoms with E-state index in [1.54, 1.807) is 0 Å². The normalized spacial score (nSPS) is 20.0. The summed E-state index contributed by atoms with van der Waals surface area (Å²) in [6.07, 6.45) is 4.81. The molecule has 0 bridgehead atoms. The van der Waals surface area contributed by atoms with Crippen LogP contribution in [0.3, 0.4) is 0 Å². The summed E-state index contributed by atoms with van der Waals surface area (Å²) in [4.78, 5) is 0. The number of ether oxygens (including phenoxy) is 2. The summed E-state index contributed by atoms with van der Waals surface area (Å²) in [5.74, 6) is 1.95. The standard InChI is InChI=1S/C38H50BNO4/c1-24(2)18-27-13-15-32-29(22-27)30-23-28(19-25(3)4)14-16-33(30)40(32)34-21-26(5)20-31(36(34)42-35-12-10-11-17-41-35)39-43-37(6,7)38(8,9)44-39/h13-16,20-25,35H,10-12,17-19H2,1-9H3. The van der Waals surface area contributed by atoms with Gasteiger partial charge in [0, 0.05) is 22.7 Å². The summed E-state index contributed by atoms with van der Waals surface area (Å²) in [5, 5.41) is 2.56. The van der Waals surface area contributed by atoms with Gasteiger partial charge in [0.15, 0.2) is 6.29 Å². The van der Waals surface area contributed by atoms with E-state index >= 15 is 0 Å². The lowest BCUT2D eigenvalue weighted by Crippen LogP contribution is -2.41. The van der Waals surface area contributed by atoms with Crippen LogP contribution < -0.4 is 10.2 Å². The molecule has 0 amide bonds. The first-order valence-electron chi connectivity index (χ1n) is 16.7. The van der Waals surface area contributed by atoms with Crippen molar-refractivity contribution in [2.75, 3.05) is 6.61 Å². The Bertz CT molecular complexity index is 1580.